The van der Waals surface area contributed by atoms with Crippen molar-refractivity contribution in [3.63, 3.8) is 0 Å². The van der Waals surface area contributed by atoms with E-state index in [0.29, 0.717) is 11.6 Å². The Hall–Kier alpha value is -1.63. The number of anilines is 1. The summed E-state index contributed by atoms with van der Waals surface area (Å²) in [5.41, 5.74) is 1.64. The molecule has 2 aliphatic heterocycles. The molecule has 1 aromatic carbocycles. The standard InChI is InChI=1S/C22H33ClN4O2/c1-17-19(23)8-7-9-20(17)24-22(29)18(2)26-14-12-25(13-15-26)16-21(28)27-10-5-3-4-6-11-27/h7-9,18H,3-6,10-16H2,1-2H3,(H,24,29)/t18-/m1/s1. The van der Waals surface area contributed by atoms with Crippen LogP contribution in [0.25, 0.3) is 0 Å². The van der Waals surface area contributed by atoms with Crippen LogP contribution in [0.3, 0.4) is 0 Å². The molecule has 2 amide bonds. The molecule has 3 rings (SSSR count). The van der Waals surface area contributed by atoms with Crippen molar-refractivity contribution in [1.82, 2.24) is 14.7 Å². The van der Waals surface area contributed by atoms with Crippen molar-refractivity contribution in [2.24, 2.45) is 0 Å². The molecule has 7 heteroatoms. The van der Waals surface area contributed by atoms with E-state index in [0.717, 1.165) is 63.4 Å². The van der Waals surface area contributed by atoms with Crippen LogP contribution in [0, 0.1) is 6.92 Å². The first-order valence-corrected chi connectivity index (χ1v) is 11.1. The zero-order chi connectivity index (χ0) is 20.8. The number of benzene rings is 1. The molecule has 160 valence electrons. The topological polar surface area (TPSA) is 55.9 Å². The van der Waals surface area contributed by atoms with Gasteiger partial charge in [0.05, 0.1) is 12.6 Å². The van der Waals surface area contributed by atoms with Crippen molar-refractivity contribution in [3.05, 3.63) is 28.8 Å². The predicted molar refractivity (Wildman–Crippen MR) is 117 cm³/mol. The molecule has 2 heterocycles. The highest BCUT2D eigenvalue weighted by Gasteiger charge is 2.27. The lowest BCUT2D eigenvalue weighted by atomic mass is 10.1. The van der Waals surface area contributed by atoms with E-state index in [1.807, 2.05) is 36.9 Å². The van der Waals surface area contributed by atoms with Crippen LogP contribution in [0.5, 0.6) is 0 Å². The number of nitrogens with zero attached hydrogens (tertiary/aromatic N) is 3. The average Bonchev–Trinajstić information content (AvgIpc) is 3.01. The molecule has 1 N–H and O–H groups in total. The summed E-state index contributed by atoms with van der Waals surface area (Å²) in [5.74, 6) is 0.229. The summed E-state index contributed by atoms with van der Waals surface area (Å²) >= 11 is 6.15. The van der Waals surface area contributed by atoms with Crippen LogP contribution in [-0.2, 0) is 9.59 Å². The maximum Gasteiger partial charge on any atom is 0.241 e. The molecule has 1 aromatic rings. The first kappa shape index (κ1) is 22.1. The number of hydrogen-bond donors (Lipinski definition) is 1. The van der Waals surface area contributed by atoms with Gasteiger partial charge in [-0.05, 0) is 44.4 Å². The van der Waals surface area contributed by atoms with E-state index in [-0.39, 0.29) is 17.9 Å². The monoisotopic (exact) mass is 420 g/mol. The van der Waals surface area contributed by atoms with Gasteiger partial charge in [0.15, 0.2) is 0 Å². The Kier molecular flexibility index (Phi) is 7.92. The number of carbonyl (C=O) groups excluding carboxylic acids is 2. The molecule has 0 aromatic heterocycles. The average molecular weight is 421 g/mol. The SMILES string of the molecule is Cc1c(Cl)cccc1NC(=O)[C@@H](C)N1CCN(CC(=O)N2CCCCCC2)CC1. The largest absolute Gasteiger partial charge is 0.342 e. The Morgan fingerprint density at radius 2 is 1.69 bits per heavy atom. The van der Waals surface area contributed by atoms with Crippen LogP contribution < -0.4 is 5.32 Å². The van der Waals surface area contributed by atoms with Gasteiger partial charge < -0.3 is 10.2 Å². The highest BCUT2D eigenvalue weighted by atomic mass is 35.5. The van der Waals surface area contributed by atoms with E-state index in [1.165, 1.54) is 12.8 Å². The van der Waals surface area contributed by atoms with Crippen molar-refractivity contribution >= 4 is 29.1 Å². The fraction of sp³-hybridized carbons (Fsp3) is 0.636. The van der Waals surface area contributed by atoms with Gasteiger partial charge in [-0.3, -0.25) is 19.4 Å². The van der Waals surface area contributed by atoms with E-state index in [2.05, 4.69) is 15.1 Å². The lowest BCUT2D eigenvalue weighted by Crippen LogP contribution is -2.54. The number of rotatable bonds is 5. The molecule has 0 unspecified atom stereocenters. The van der Waals surface area contributed by atoms with E-state index in [4.69, 9.17) is 11.6 Å². The van der Waals surface area contributed by atoms with Gasteiger partial charge in [-0.25, -0.2) is 0 Å². The molecular weight excluding hydrogens is 388 g/mol. The minimum Gasteiger partial charge on any atom is -0.342 e. The predicted octanol–water partition coefficient (Wildman–Crippen LogP) is 3.00. The third-order valence-electron chi connectivity index (χ3n) is 6.18. The highest BCUT2D eigenvalue weighted by molar-refractivity contribution is 6.31. The van der Waals surface area contributed by atoms with Crippen molar-refractivity contribution in [2.75, 3.05) is 51.1 Å². The molecular formula is C22H33ClN4O2. The Morgan fingerprint density at radius 3 is 2.34 bits per heavy atom. The minimum atomic E-state index is -0.225. The van der Waals surface area contributed by atoms with Crippen LogP contribution in [-0.4, -0.2) is 78.4 Å². The highest BCUT2D eigenvalue weighted by Crippen LogP contribution is 2.23. The van der Waals surface area contributed by atoms with Gasteiger partial charge in [-0.15, -0.1) is 0 Å². The van der Waals surface area contributed by atoms with E-state index < -0.39 is 0 Å². The molecule has 0 spiro atoms. The van der Waals surface area contributed by atoms with Gasteiger partial charge in [0.25, 0.3) is 0 Å². The molecule has 0 radical (unpaired) electrons. The number of nitrogens with one attached hydrogen (secondary N) is 1. The third kappa shape index (κ3) is 5.93. The van der Waals surface area contributed by atoms with Gasteiger partial charge in [0, 0.05) is 50.0 Å². The van der Waals surface area contributed by atoms with Crippen LogP contribution in [0.1, 0.15) is 38.2 Å². The Bertz CT molecular complexity index is 711. The summed E-state index contributed by atoms with van der Waals surface area (Å²) < 4.78 is 0. The Labute approximate surface area is 179 Å². The number of amides is 2. The van der Waals surface area contributed by atoms with Gasteiger partial charge in [0.1, 0.15) is 0 Å². The second kappa shape index (κ2) is 10.4. The van der Waals surface area contributed by atoms with Crippen molar-refractivity contribution in [1.29, 1.82) is 0 Å². The first-order chi connectivity index (χ1) is 14.0. The summed E-state index contributed by atoms with van der Waals surface area (Å²) in [5, 5.41) is 3.65. The number of halogens is 1. The zero-order valence-electron chi connectivity index (χ0n) is 17.6. The van der Waals surface area contributed by atoms with Gasteiger partial charge in [0.2, 0.25) is 11.8 Å². The third-order valence-corrected chi connectivity index (χ3v) is 6.59. The quantitative estimate of drug-likeness (QED) is 0.795. The maximum absolute atomic E-state index is 12.7. The van der Waals surface area contributed by atoms with Crippen LogP contribution in [0.2, 0.25) is 5.02 Å². The van der Waals surface area contributed by atoms with Crippen LogP contribution in [0.15, 0.2) is 18.2 Å². The summed E-state index contributed by atoms with van der Waals surface area (Å²) in [4.78, 5) is 31.7. The van der Waals surface area contributed by atoms with Crippen molar-refractivity contribution in [2.45, 2.75) is 45.6 Å². The molecule has 2 fully saturated rings. The molecule has 0 bridgehead atoms. The molecule has 0 saturated carbocycles. The molecule has 1 atom stereocenters. The van der Waals surface area contributed by atoms with Gasteiger partial charge in [-0.2, -0.15) is 0 Å². The zero-order valence-corrected chi connectivity index (χ0v) is 18.4. The number of carbonyl (C=O) groups is 2. The van der Waals surface area contributed by atoms with Crippen molar-refractivity contribution < 1.29 is 9.59 Å². The fourth-order valence-electron chi connectivity index (χ4n) is 4.07. The molecule has 0 aliphatic carbocycles. The maximum atomic E-state index is 12.7. The van der Waals surface area contributed by atoms with E-state index in [9.17, 15) is 9.59 Å². The molecule has 29 heavy (non-hydrogen) atoms. The van der Waals surface area contributed by atoms with Crippen LogP contribution >= 0.6 is 11.6 Å². The number of piperazine rings is 1. The van der Waals surface area contributed by atoms with E-state index >= 15 is 0 Å². The number of likely N-dealkylation sites (tertiary alicyclic amines) is 1. The van der Waals surface area contributed by atoms with E-state index in [1.54, 1.807) is 0 Å². The van der Waals surface area contributed by atoms with Crippen molar-refractivity contribution in [3.8, 4) is 0 Å². The summed E-state index contributed by atoms with van der Waals surface area (Å²) in [7, 11) is 0. The Morgan fingerprint density at radius 1 is 1.03 bits per heavy atom. The first-order valence-electron chi connectivity index (χ1n) is 10.8. The molecule has 2 saturated heterocycles. The smallest absolute Gasteiger partial charge is 0.241 e. The lowest BCUT2D eigenvalue weighted by molar-refractivity contribution is -0.133. The lowest BCUT2D eigenvalue weighted by Gasteiger charge is -2.37. The number of hydrogen-bond acceptors (Lipinski definition) is 4. The normalized spacial score (nSPS) is 20.2. The Balaban J connectivity index is 1.46. The van der Waals surface area contributed by atoms with Gasteiger partial charge in [-0.1, -0.05) is 30.5 Å². The second-order valence-corrected chi connectivity index (χ2v) is 8.59. The van der Waals surface area contributed by atoms with Gasteiger partial charge >= 0.3 is 0 Å². The second-order valence-electron chi connectivity index (χ2n) is 8.18. The summed E-state index contributed by atoms with van der Waals surface area (Å²) in [6.07, 6.45) is 4.71. The fourth-order valence-corrected chi connectivity index (χ4v) is 4.24. The summed E-state index contributed by atoms with van der Waals surface area (Å²) in [6.45, 7) is 9.34. The molecule has 6 nitrogen and oxygen atoms in total. The minimum absolute atomic E-state index is 0.0236. The summed E-state index contributed by atoms with van der Waals surface area (Å²) in [6, 6.07) is 5.31. The van der Waals surface area contributed by atoms with Crippen LogP contribution in [0.4, 0.5) is 5.69 Å². The molecule has 2 aliphatic rings.